The van der Waals surface area contributed by atoms with Crippen molar-refractivity contribution < 1.29 is 26.6 Å². The maximum Gasteiger partial charge on any atom is -0.147 e. The normalized spacial score (nSPS) is 11.2. The van der Waals surface area contributed by atoms with Gasteiger partial charge in [-0.2, -0.15) is 0 Å². The third-order valence-electron chi connectivity index (χ3n) is 0.696. The van der Waals surface area contributed by atoms with Crippen LogP contribution in [0, 0.1) is 0 Å². The topological polar surface area (TPSA) is 18.5 Å². The predicted octanol–water partition coefficient (Wildman–Crippen LogP) is 3.37. The molecule has 0 unspecified atom stereocenters. The fraction of sp³-hybridized carbons (Fsp3) is 1.00. The monoisotopic (exact) mass is 266 g/mol. The van der Waals surface area contributed by atoms with E-state index in [-0.39, 0.29) is 36.0 Å². The Balaban J connectivity index is -0.000000500. The van der Waals surface area contributed by atoms with Crippen LogP contribution in [-0.4, -0.2) is 11.2 Å². The maximum absolute atomic E-state index is 5.51. The molecule has 0 fully saturated rings. The number of hydrogen-bond donors (Lipinski definition) is 0. The molecule has 0 aromatic carbocycles. The first-order chi connectivity index (χ1) is 4.71. The molecular formula is C8H20Cl2O2Ti. The molecule has 0 aliphatic heterocycles. The third kappa shape index (κ3) is 19.6. The van der Waals surface area contributed by atoms with E-state index in [0.717, 1.165) is 0 Å². The second-order valence-corrected chi connectivity index (χ2v) is 5.41. The Hall–Kier alpha value is 1.21. The molecule has 0 aromatic heterocycles. The molecule has 13 heavy (non-hydrogen) atoms. The van der Waals surface area contributed by atoms with E-state index in [1.54, 1.807) is 0 Å². The third-order valence-corrected chi connectivity index (χ3v) is 2.87. The van der Waals surface area contributed by atoms with Gasteiger partial charge in [0.15, 0.2) is 0 Å². The van der Waals surface area contributed by atoms with Gasteiger partial charge in [0.1, 0.15) is 0 Å². The van der Waals surface area contributed by atoms with Gasteiger partial charge >= 0.3 is 79.3 Å². The zero-order valence-electron chi connectivity index (χ0n) is 9.13. The molecule has 0 N–H and O–H groups in total. The van der Waals surface area contributed by atoms with Gasteiger partial charge in [-0.3, -0.25) is 0 Å². The number of rotatable bonds is 2. The molecule has 82 valence electrons. The summed E-state index contributed by atoms with van der Waals surface area (Å²) in [7, 11) is 0. The van der Waals surface area contributed by atoms with Gasteiger partial charge in [-0.1, -0.05) is 0 Å². The van der Waals surface area contributed by atoms with Crippen molar-refractivity contribution in [3.63, 3.8) is 0 Å². The van der Waals surface area contributed by atoms with Crippen molar-refractivity contribution in [3.8, 4) is 0 Å². The van der Waals surface area contributed by atoms with Crippen molar-refractivity contribution in [2.75, 3.05) is 0 Å². The van der Waals surface area contributed by atoms with E-state index in [0.29, 0.717) is 0 Å². The largest absolute Gasteiger partial charge is 0.147 e. The van der Waals surface area contributed by atoms with Gasteiger partial charge in [-0.25, -0.2) is 0 Å². The van der Waals surface area contributed by atoms with E-state index in [2.05, 4.69) is 0 Å². The summed E-state index contributed by atoms with van der Waals surface area (Å²) in [4.78, 5) is 0. The summed E-state index contributed by atoms with van der Waals surface area (Å²) >= 11 is -0.681. The van der Waals surface area contributed by atoms with Crippen molar-refractivity contribution >= 4 is 24.8 Å². The quantitative estimate of drug-likeness (QED) is 0.714. The van der Waals surface area contributed by atoms with Crippen LogP contribution in [0.3, 0.4) is 0 Å². The summed E-state index contributed by atoms with van der Waals surface area (Å²) in [6, 6.07) is 0. The zero-order chi connectivity index (χ0) is 9.12. The van der Waals surface area contributed by atoms with E-state index in [1.807, 2.05) is 41.5 Å². The summed E-state index contributed by atoms with van der Waals surface area (Å²) in [6.07, 6.45) is 0. The van der Waals surface area contributed by atoms with Gasteiger partial charge in [-0.05, 0) is 0 Å². The summed E-state index contributed by atoms with van der Waals surface area (Å²) in [5.41, 5.74) is -0.101. The summed E-state index contributed by atoms with van der Waals surface area (Å²) < 4.78 is 11.0. The molecule has 0 saturated carbocycles. The number of halogens is 2. The minimum atomic E-state index is -0.681. The average molecular weight is 267 g/mol. The molecule has 0 aliphatic rings. The van der Waals surface area contributed by atoms with Crippen LogP contribution in [0.15, 0.2) is 0 Å². The van der Waals surface area contributed by atoms with Gasteiger partial charge in [0.2, 0.25) is 0 Å². The van der Waals surface area contributed by atoms with Crippen molar-refractivity contribution in [2.45, 2.75) is 52.7 Å². The Kier molecular flexibility index (Phi) is 11.4. The first kappa shape index (κ1) is 19.7. The van der Waals surface area contributed by atoms with Crippen molar-refractivity contribution in [3.05, 3.63) is 0 Å². The van der Waals surface area contributed by atoms with Crippen LogP contribution in [0.5, 0.6) is 0 Å². The fourth-order valence-corrected chi connectivity index (χ4v) is 1.12. The average Bonchev–Trinajstić information content (AvgIpc) is 1.55. The Morgan fingerprint density at radius 1 is 0.692 bits per heavy atom. The van der Waals surface area contributed by atoms with Gasteiger partial charge < -0.3 is 0 Å². The first-order valence-electron chi connectivity index (χ1n) is 3.82. The molecule has 5 heteroatoms. The van der Waals surface area contributed by atoms with Crippen molar-refractivity contribution in [1.82, 2.24) is 0 Å². The van der Waals surface area contributed by atoms with E-state index in [9.17, 15) is 0 Å². The first-order valence-corrected chi connectivity index (χ1v) is 5.09. The molecule has 2 nitrogen and oxygen atoms in total. The molecule has 0 spiro atoms. The van der Waals surface area contributed by atoms with Crippen LogP contribution in [0.1, 0.15) is 41.5 Å². The van der Waals surface area contributed by atoms with Gasteiger partial charge in [0, 0.05) is 0 Å². The molecule has 0 rings (SSSR count). The van der Waals surface area contributed by atoms with Crippen LogP contribution in [-0.2, 0) is 26.6 Å². The zero-order valence-corrected chi connectivity index (χ0v) is 12.3. The Labute approximate surface area is 104 Å². The van der Waals surface area contributed by atoms with Crippen LogP contribution >= 0.6 is 24.8 Å². The van der Waals surface area contributed by atoms with Gasteiger partial charge in [-0.15, -0.1) is 24.8 Å². The maximum atomic E-state index is 5.51. The van der Waals surface area contributed by atoms with E-state index >= 15 is 0 Å². The summed E-state index contributed by atoms with van der Waals surface area (Å²) in [5.74, 6) is 0. The second kappa shape index (κ2) is 7.50. The molecule has 0 bridgehead atoms. The predicted molar refractivity (Wildman–Crippen MR) is 56.2 cm³/mol. The smallest absolute Gasteiger partial charge is 0.147 e. The number of hydrogen-bond acceptors (Lipinski definition) is 2. The standard InChI is InChI=1S/2C4H9O.2ClH.Ti/c2*1-4(2,3)5;;;/h2*1-3H3;2*1H;/q2*-1;;;+2. The Morgan fingerprint density at radius 3 is 1.08 bits per heavy atom. The molecule has 0 saturated heterocycles. The molecule has 0 atom stereocenters. The van der Waals surface area contributed by atoms with E-state index < -0.39 is 19.9 Å². The minimum absolute atomic E-state index is 0. The van der Waals surface area contributed by atoms with Crippen LogP contribution in [0.2, 0.25) is 0 Å². The molecule has 0 aromatic rings. The summed E-state index contributed by atoms with van der Waals surface area (Å²) in [6.45, 7) is 12.3. The van der Waals surface area contributed by atoms with Crippen molar-refractivity contribution in [1.29, 1.82) is 0 Å². The summed E-state index contributed by atoms with van der Waals surface area (Å²) in [5, 5.41) is 0. The van der Waals surface area contributed by atoms with Crippen LogP contribution in [0.25, 0.3) is 0 Å². The Bertz CT molecular complexity index is 104. The van der Waals surface area contributed by atoms with Crippen LogP contribution < -0.4 is 0 Å². The van der Waals surface area contributed by atoms with Crippen molar-refractivity contribution in [2.24, 2.45) is 0 Å². The molecular weight excluding hydrogens is 247 g/mol. The minimum Gasteiger partial charge on any atom is -0.147 e. The van der Waals surface area contributed by atoms with Crippen LogP contribution in [0.4, 0.5) is 0 Å². The van der Waals surface area contributed by atoms with Gasteiger partial charge in [0.25, 0.3) is 0 Å². The van der Waals surface area contributed by atoms with E-state index in [1.165, 1.54) is 0 Å². The second-order valence-electron chi connectivity index (χ2n) is 4.51. The molecule has 0 heterocycles. The molecule has 0 amide bonds. The Morgan fingerprint density at radius 2 is 0.923 bits per heavy atom. The fourth-order valence-electron chi connectivity index (χ4n) is 0.271. The SMILES string of the molecule is CC(C)(C)[O][Ti][O]C(C)(C)C.Cl.Cl. The molecule has 0 aliphatic carbocycles. The van der Waals surface area contributed by atoms with Gasteiger partial charge in [0.05, 0.1) is 0 Å². The molecule has 0 radical (unpaired) electrons. The van der Waals surface area contributed by atoms with E-state index in [4.69, 9.17) is 6.64 Å².